The standard InChI is InChI=1S/C14H10Cl2N2O3/c15-10-5-2-6-11(16)12(10)18-14(21)13(20)17-8-3-1-4-9(19)7-8/h1-7,19H,(H,17,20)(H,18,21). The van der Waals surface area contributed by atoms with Crippen molar-refractivity contribution in [1.29, 1.82) is 0 Å². The molecule has 0 saturated carbocycles. The van der Waals surface area contributed by atoms with Crippen LogP contribution in [0, 0.1) is 0 Å². The van der Waals surface area contributed by atoms with Crippen LogP contribution in [0.3, 0.4) is 0 Å². The maximum Gasteiger partial charge on any atom is 0.314 e. The van der Waals surface area contributed by atoms with Crippen molar-refractivity contribution in [2.24, 2.45) is 0 Å². The van der Waals surface area contributed by atoms with E-state index >= 15 is 0 Å². The zero-order valence-electron chi connectivity index (χ0n) is 10.6. The van der Waals surface area contributed by atoms with Gasteiger partial charge in [0.25, 0.3) is 0 Å². The van der Waals surface area contributed by atoms with Crippen LogP contribution in [-0.4, -0.2) is 16.9 Å². The zero-order chi connectivity index (χ0) is 15.4. The lowest BCUT2D eigenvalue weighted by Gasteiger charge is -2.09. The molecule has 0 saturated heterocycles. The Bertz CT molecular complexity index is 684. The number of carbonyl (C=O) groups is 2. The van der Waals surface area contributed by atoms with Gasteiger partial charge in [0.05, 0.1) is 15.7 Å². The van der Waals surface area contributed by atoms with Crippen molar-refractivity contribution in [2.75, 3.05) is 10.6 Å². The van der Waals surface area contributed by atoms with Crippen LogP contribution in [0.25, 0.3) is 0 Å². The number of para-hydroxylation sites is 1. The number of halogens is 2. The molecule has 0 aliphatic heterocycles. The molecule has 0 unspecified atom stereocenters. The molecule has 0 radical (unpaired) electrons. The highest BCUT2D eigenvalue weighted by Gasteiger charge is 2.17. The van der Waals surface area contributed by atoms with E-state index < -0.39 is 11.8 Å². The van der Waals surface area contributed by atoms with Gasteiger partial charge < -0.3 is 15.7 Å². The summed E-state index contributed by atoms with van der Waals surface area (Å²) >= 11 is 11.8. The first-order valence-corrected chi connectivity index (χ1v) is 6.58. The average molecular weight is 325 g/mol. The Hall–Kier alpha value is -2.24. The Morgan fingerprint density at radius 2 is 1.48 bits per heavy atom. The Morgan fingerprint density at radius 3 is 2.10 bits per heavy atom. The number of hydrogen-bond donors (Lipinski definition) is 3. The summed E-state index contributed by atoms with van der Waals surface area (Å²) in [6, 6.07) is 10.5. The Kier molecular flexibility index (Phi) is 4.67. The van der Waals surface area contributed by atoms with Crippen LogP contribution in [-0.2, 0) is 9.59 Å². The predicted octanol–water partition coefficient (Wildman–Crippen LogP) is 3.28. The molecule has 0 heterocycles. The van der Waals surface area contributed by atoms with Crippen LogP contribution in [0.15, 0.2) is 42.5 Å². The highest BCUT2D eigenvalue weighted by atomic mass is 35.5. The van der Waals surface area contributed by atoms with Gasteiger partial charge in [-0.15, -0.1) is 0 Å². The monoisotopic (exact) mass is 324 g/mol. The van der Waals surface area contributed by atoms with Crippen molar-refractivity contribution < 1.29 is 14.7 Å². The number of benzene rings is 2. The molecule has 0 aliphatic carbocycles. The van der Waals surface area contributed by atoms with E-state index in [2.05, 4.69) is 10.6 Å². The number of phenols is 1. The van der Waals surface area contributed by atoms with E-state index in [0.29, 0.717) is 5.69 Å². The molecule has 2 aromatic rings. The Labute approximate surface area is 130 Å². The van der Waals surface area contributed by atoms with E-state index in [1.807, 2.05) is 0 Å². The van der Waals surface area contributed by atoms with Crippen molar-refractivity contribution in [3.05, 3.63) is 52.5 Å². The lowest BCUT2D eigenvalue weighted by molar-refractivity contribution is -0.132. The molecule has 2 aromatic carbocycles. The van der Waals surface area contributed by atoms with Gasteiger partial charge in [0.15, 0.2) is 0 Å². The third-order valence-corrected chi connectivity index (χ3v) is 3.14. The quantitative estimate of drug-likeness (QED) is 0.742. The molecule has 0 spiro atoms. The minimum atomic E-state index is -0.923. The molecule has 3 N–H and O–H groups in total. The maximum absolute atomic E-state index is 11.8. The highest BCUT2D eigenvalue weighted by molar-refractivity contribution is 6.46. The third kappa shape index (κ3) is 3.87. The van der Waals surface area contributed by atoms with Gasteiger partial charge in [0.2, 0.25) is 0 Å². The summed E-state index contributed by atoms with van der Waals surface area (Å²) in [5.41, 5.74) is 0.456. The summed E-state index contributed by atoms with van der Waals surface area (Å²) < 4.78 is 0. The van der Waals surface area contributed by atoms with E-state index in [1.54, 1.807) is 6.07 Å². The van der Waals surface area contributed by atoms with Gasteiger partial charge in [-0.25, -0.2) is 0 Å². The lowest BCUT2D eigenvalue weighted by Crippen LogP contribution is -2.29. The smallest absolute Gasteiger partial charge is 0.314 e. The molecule has 0 aromatic heterocycles. The molecule has 7 heteroatoms. The summed E-state index contributed by atoms with van der Waals surface area (Å²) in [4.78, 5) is 23.6. The molecule has 108 valence electrons. The molecule has 0 atom stereocenters. The highest BCUT2D eigenvalue weighted by Crippen LogP contribution is 2.29. The van der Waals surface area contributed by atoms with Crippen molar-refractivity contribution in [2.45, 2.75) is 0 Å². The molecule has 0 fully saturated rings. The molecule has 5 nitrogen and oxygen atoms in total. The van der Waals surface area contributed by atoms with E-state index in [9.17, 15) is 14.7 Å². The first-order valence-electron chi connectivity index (χ1n) is 5.83. The molecule has 2 amide bonds. The second kappa shape index (κ2) is 6.47. The summed E-state index contributed by atoms with van der Waals surface area (Å²) in [6.45, 7) is 0. The molecule has 2 rings (SSSR count). The summed E-state index contributed by atoms with van der Waals surface area (Å²) in [5, 5.41) is 14.4. The largest absolute Gasteiger partial charge is 0.508 e. The lowest BCUT2D eigenvalue weighted by atomic mass is 10.3. The van der Waals surface area contributed by atoms with Crippen LogP contribution < -0.4 is 10.6 Å². The van der Waals surface area contributed by atoms with Gasteiger partial charge in [-0.1, -0.05) is 35.3 Å². The van der Waals surface area contributed by atoms with Gasteiger partial charge in [-0.3, -0.25) is 9.59 Å². The van der Waals surface area contributed by atoms with Gasteiger partial charge in [0.1, 0.15) is 5.75 Å². The molecular weight excluding hydrogens is 315 g/mol. The number of nitrogens with one attached hydrogen (secondary N) is 2. The van der Waals surface area contributed by atoms with Gasteiger partial charge in [-0.05, 0) is 24.3 Å². The van der Waals surface area contributed by atoms with Gasteiger partial charge in [-0.2, -0.15) is 0 Å². The minimum absolute atomic E-state index is 0.0256. The van der Waals surface area contributed by atoms with Gasteiger partial charge >= 0.3 is 11.8 Å². The number of rotatable bonds is 2. The molecule has 21 heavy (non-hydrogen) atoms. The number of aromatic hydroxyl groups is 1. The Morgan fingerprint density at radius 1 is 0.905 bits per heavy atom. The van der Waals surface area contributed by atoms with Gasteiger partial charge in [0, 0.05) is 11.8 Å². The SMILES string of the molecule is O=C(Nc1cccc(O)c1)C(=O)Nc1c(Cl)cccc1Cl. The normalized spacial score (nSPS) is 10.0. The molecular formula is C14H10Cl2N2O3. The van der Waals surface area contributed by atoms with Crippen molar-refractivity contribution in [3.63, 3.8) is 0 Å². The second-order valence-corrected chi connectivity index (χ2v) is 4.87. The Balaban J connectivity index is 2.08. The van der Waals surface area contributed by atoms with Crippen LogP contribution in [0.5, 0.6) is 5.75 Å². The topological polar surface area (TPSA) is 78.4 Å². The minimum Gasteiger partial charge on any atom is -0.508 e. The third-order valence-electron chi connectivity index (χ3n) is 2.51. The van der Waals surface area contributed by atoms with Crippen LogP contribution in [0.2, 0.25) is 10.0 Å². The second-order valence-electron chi connectivity index (χ2n) is 4.06. The van der Waals surface area contributed by atoms with E-state index in [0.717, 1.165) is 0 Å². The maximum atomic E-state index is 11.8. The van der Waals surface area contributed by atoms with Crippen molar-refractivity contribution >= 4 is 46.4 Å². The fraction of sp³-hybridized carbons (Fsp3) is 0. The summed E-state index contributed by atoms with van der Waals surface area (Å²) in [6.07, 6.45) is 0. The number of carbonyl (C=O) groups excluding carboxylic acids is 2. The average Bonchev–Trinajstić information content (AvgIpc) is 2.43. The molecule has 0 aliphatic rings. The van der Waals surface area contributed by atoms with Crippen molar-refractivity contribution in [3.8, 4) is 5.75 Å². The summed E-state index contributed by atoms with van der Waals surface area (Å²) in [5.74, 6) is -1.85. The van der Waals surface area contributed by atoms with E-state index in [-0.39, 0.29) is 21.5 Å². The number of anilines is 2. The zero-order valence-corrected chi connectivity index (χ0v) is 12.1. The van der Waals surface area contributed by atoms with Crippen molar-refractivity contribution in [1.82, 2.24) is 0 Å². The van der Waals surface area contributed by atoms with Crippen LogP contribution in [0.1, 0.15) is 0 Å². The summed E-state index contributed by atoms with van der Waals surface area (Å²) in [7, 11) is 0. The fourth-order valence-electron chi connectivity index (χ4n) is 1.56. The molecule has 0 bridgehead atoms. The predicted molar refractivity (Wildman–Crippen MR) is 81.8 cm³/mol. The number of amides is 2. The number of phenolic OH excluding ortho intramolecular Hbond substituents is 1. The van der Waals surface area contributed by atoms with E-state index in [1.165, 1.54) is 36.4 Å². The van der Waals surface area contributed by atoms with Crippen LogP contribution >= 0.6 is 23.2 Å². The van der Waals surface area contributed by atoms with Crippen LogP contribution in [0.4, 0.5) is 11.4 Å². The fourth-order valence-corrected chi connectivity index (χ4v) is 2.05. The number of hydrogen-bond acceptors (Lipinski definition) is 3. The van der Waals surface area contributed by atoms with E-state index in [4.69, 9.17) is 23.2 Å². The first-order chi connectivity index (χ1) is 9.97. The first kappa shape index (κ1) is 15.2.